The molecule has 2 aliphatic heterocycles. The molecule has 0 spiro atoms. The van der Waals surface area contributed by atoms with E-state index in [1.807, 2.05) is 0 Å². The summed E-state index contributed by atoms with van der Waals surface area (Å²) >= 11 is 0. The summed E-state index contributed by atoms with van der Waals surface area (Å²) in [5.41, 5.74) is 6.29. The van der Waals surface area contributed by atoms with Crippen LogP contribution in [-0.2, 0) is 0 Å². The van der Waals surface area contributed by atoms with Gasteiger partial charge in [-0.05, 0) is 14.1 Å². The maximum Gasteiger partial charge on any atom is 0.0297 e. The molecule has 2 N–H and O–H groups in total. The fourth-order valence-electron chi connectivity index (χ4n) is 2.78. The molecule has 2 fully saturated rings. The Morgan fingerprint density at radius 1 is 0.722 bits per heavy atom. The molecule has 2 aliphatic rings. The predicted octanol–water partition coefficient (Wildman–Crippen LogP) is -1.19. The van der Waals surface area contributed by atoms with E-state index < -0.39 is 0 Å². The van der Waals surface area contributed by atoms with Crippen molar-refractivity contribution in [3.63, 3.8) is 0 Å². The molecule has 5 nitrogen and oxygen atoms in total. The second-order valence-corrected chi connectivity index (χ2v) is 5.97. The zero-order valence-electron chi connectivity index (χ0n) is 12.0. The van der Waals surface area contributed by atoms with E-state index in [4.69, 9.17) is 5.73 Å². The zero-order chi connectivity index (χ0) is 13.0. The topological polar surface area (TPSA) is 39.0 Å². The summed E-state index contributed by atoms with van der Waals surface area (Å²) in [7, 11) is 4.39. The van der Waals surface area contributed by atoms with Crippen LogP contribution in [0, 0.1) is 0 Å². The maximum atomic E-state index is 6.29. The van der Waals surface area contributed by atoms with Crippen LogP contribution in [-0.4, -0.2) is 105 Å². The number of hydrogen-bond acceptors (Lipinski definition) is 5. The van der Waals surface area contributed by atoms with Crippen LogP contribution in [0.4, 0.5) is 0 Å². The number of nitrogens with zero attached hydrogens (tertiary/aromatic N) is 4. The number of hydrogen-bond donors (Lipinski definition) is 1. The van der Waals surface area contributed by atoms with E-state index in [1.165, 1.54) is 52.4 Å². The molecule has 0 aromatic heterocycles. The van der Waals surface area contributed by atoms with Crippen LogP contribution in [0.1, 0.15) is 0 Å². The van der Waals surface area contributed by atoms with Gasteiger partial charge < -0.3 is 15.5 Å². The van der Waals surface area contributed by atoms with E-state index in [9.17, 15) is 0 Å². The average Bonchev–Trinajstić information content (AvgIpc) is 2.35. The summed E-state index contributed by atoms with van der Waals surface area (Å²) in [4.78, 5) is 9.81. The van der Waals surface area contributed by atoms with Gasteiger partial charge in [0.25, 0.3) is 0 Å². The van der Waals surface area contributed by atoms with Crippen molar-refractivity contribution in [2.45, 2.75) is 6.04 Å². The van der Waals surface area contributed by atoms with Crippen molar-refractivity contribution in [2.75, 3.05) is 79.5 Å². The van der Waals surface area contributed by atoms with Crippen LogP contribution < -0.4 is 5.73 Å². The SMILES string of the molecule is CN1CCN(CC(N)CN2CCN(C)CC2)CC1. The Morgan fingerprint density at radius 3 is 1.39 bits per heavy atom. The van der Waals surface area contributed by atoms with Crippen LogP contribution in [0.25, 0.3) is 0 Å². The van der Waals surface area contributed by atoms with Crippen molar-refractivity contribution in [1.29, 1.82) is 0 Å². The summed E-state index contributed by atoms with van der Waals surface area (Å²) in [6.45, 7) is 11.5. The smallest absolute Gasteiger partial charge is 0.0297 e. The van der Waals surface area contributed by atoms with E-state index in [-0.39, 0.29) is 0 Å². The largest absolute Gasteiger partial charge is 0.325 e. The van der Waals surface area contributed by atoms with Crippen molar-refractivity contribution in [3.05, 3.63) is 0 Å². The monoisotopic (exact) mass is 255 g/mol. The Bertz CT molecular complexity index is 208. The number of piperazine rings is 2. The van der Waals surface area contributed by atoms with Gasteiger partial charge in [0.1, 0.15) is 0 Å². The van der Waals surface area contributed by atoms with E-state index in [1.54, 1.807) is 0 Å². The summed E-state index contributed by atoms with van der Waals surface area (Å²) in [5.74, 6) is 0. The molecule has 0 atom stereocenters. The lowest BCUT2D eigenvalue weighted by Crippen LogP contribution is -2.53. The Labute approximate surface area is 111 Å². The Balaban J connectivity index is 1.64. The van der Waals surface area contributed by atoms with Crippen LogP contribution in [0.15, 0.2) is 0 Å². The second-order valence-electron chi connectivity index (χ2n) is 5.97. The molecule has 0 bridgehead atoms. The van der Waals surface area contributed by atoms with Crippen LogP contribution in [0.2, 0.25) is 0 Å². The molecular formula is C13H29N5. The zero-order valence-corrected chi connectivity index (χ0v) is 12.0. The van der Waals surface area contributed by atoms with Gasteiger partial charge in [-0.2, -0.15) is 0 Å². The minimum atomic E-state index is 0.303. The highest BCUT2D eigenvalue weighted by molar-refractivity contribution is 4.79. The quantitative estimate of drug-likeness (QED) is 0.684. The molecule has 2 rings (SSSR count). The highest BCUT2D eigenvalue weighted by Gasteiger charge is 2.19. The van der Waals surface area contributed by atoms with Crippen molar-refractivity contribution in [3.8, 4) is 0 Å². The molecule has 18 heavy (non-hydrogen) atoms. The molecule has 106 valence electrons. The molecule has 0 radical (unpaired) electrons. The first-order chi connectivity index (χ1) is 8.63. The fourth-order valence-corrected chi connectivity index (χ4v) is 2.78. The van der Waals surface area contributed by atoms with Gasteiger partial charge in [0.15, 0.2) is 0 Å². The van der Waals surface area contributed by atoms with Gasteiger partial charge in [-0.15, -0.1) is 0 Å². The summed E-state index contributed by atoms with van der Waals surface area (Å²) in [6.07, 6.45) is 0. The number of nitrogens with two attached hydrogens (primary N) is 1. The van der Waals surface area contributed by atoms with Crippen LogP contribution in [0.5, 0.6) is 0 Å². The van der Waals surface area contributed by atoms with E-state index in [0.29, 0.717) is 6.04 Å². The van der Waals surface area contributed by atoms with E-state index >= 15 is 0 Å². The first-order valence-electron chi connectivity index (χ1n) is 7.21. The summed E-state index contributed by atoms with van der Waals surface area (Å²) in [5, 5.41) is 0. The Hall–Kier alpha value is -0.200. The molecule has 0 saturated carbocycles. The molecule has 0 unspecified atom stereocenters. The first-order valence-corrected chi connectivity index (χ1v) is 7.21. The molecule has 0 aromatic rings. The molecular weight excluding hydrogens is 226 g/mol. The highest BCUT2D eigenvalue weighted by atomic mass is 15.3. The van der Waals surface area contributed by atoms with E-state index in [0.717, 1.165) is 13.1 Å². The highest BCUT2D eigenvalue weighted by Crippen LogP contribution is 2.03. The number of likely N-dealkylation sites (N-methyl/N-ethyl adjacent to an activating group) is 2. The minimum Gasteiger partial charge on any atom is -0.325 e. The number of rotatable bonds is 4. The van der Waals surface area contributed by atoms with Crippen LogP contribution >= 0.6 is 0 Å². The van der Waals surface area contributed by atoms with Gasteiger partial charge in [0.05, 0.1) is 0 Å². The Morgan fingerprint density at radius 2 is 1.06 bits per heavy atom. The molecule has 2 saturated heterocycles. The lowest BCUT2D eigenvalue weighted by molar-refractivity contribution is 0.119. The third-order valence-corrected chi connectivity index (χ3v) is 4.18. The van der Waals surface area contributed by atoms with E-state index in [2.05, 4.69) is 33.7 Å². The third kappa shape index (κ3) is 4.48. The second kappa shape index (κ2) is 6.82. The van der Waals surface area contributed by atoms with Gasteiger partial charge in [0, 0.05) is 71.5 Å². The summed E-state index contributed by atoms with van der Waals surface area (Å²) in [6, 6.07) is 0.303. The minimum absolute atomic E-state index is 0.303. The van der Waals surface area contributed by atoms with Crippen molar-refractivity contribution < 1.29 is 0 Å². The average molecular weight is 255 g/mol. The van der Waals surface area contributed by atoms with Gasteiger partial charge in [-0.25, -0.2) is 0 Å². The van der Waals surface area contributed by atoms with Crippen molar-refractivity contribution in [2.24, 2.45) is 5.73 Å². The Kier molecular flexibility index (Phi) is 5.38. The molecule has 5 heteroatoms. The van der Waals surface area contributed by atoms with Gasteiger partial charge in [-0.3, -0.25) is 9.80 Å². The molecule has 0 aromatic carbocycles. The predicted molar refractivity (Wildman–Crippen MR) is 75.8 cm³/mol. The fraction of sp³-hybridized carbons (Fsp3) is 1.00. The van der Waals surface area contributed by atoms with Gasteiger partial charge in [0.2, 0.25) is 0 Å². The normalized spacial score (nSPS) is 26.0. The summed E-state index contributed by atoms with van der Waals surface area (Å²) < 4.78 is 0. The lowest BCUT2D eigenvalue weighted by Gasteiger charge is -2.37. The van der Waals surface area contributed by atoms with Crippen LogP contribution in [0.3, 0.4) is 0 Å². The standard InChI is InChI=1S/C13H29N5/c1-15-3-7-17(8-4-15)11-13(14)12-18-9-5-16(2)6-10-18/h13H,3-12,14H2,1-2H3. The molecule has 2 heterocycles. The first kappa shape index (κ1) is 14.2. The maximum absolute atomic E-state index is 6.29. The van der Waals surface area contributed by atoms with Crippen molar-refractivity contribution >= 4 is 0 Å². The third-order valence-electron chi connectivity index (χ3n) is 4.18. The van der Waals surface area contributed by atoms with Gasteiger partial charge >= 0.3 is 0 Å². The molecule has 0 aliphatic carbocycles. The van der Waals surface area contributed by atoms with Crippen molar-refractivity contribution in [1.82, 2.24) is 19.6 Å². The van der Waals surface area contributed by atoms with Gasteiger partial charge in [-0.1, -0.05) is 0 Å². The lowest BCUT2D eigenvalue weighted by atomic mass is 10.2. The molecule has 0 amide bonds.